The number of carbonyl (C=O) groups excluding carboxylic acids is 1. The van der Waals surface area contributed by atoms with Crippen molar-refractivity contribution in [3.05, 3.63) is 59.7 Å². The van der Waals surface area contributed by atoms with Gasteiger partial charge >= 0.3 is 11.9 Å². The van der Waals surface area contributed by atoms with Crippen molar-refractivity contribution in [2.75, 3.05) is 6.54 Å². The number of sulfonamides is 1. The lowest BCUT2D eigenvalue weighted by atomic mass is 9.95. The van der Waals surface area contributed by atoms with Gasteiger partial charge in [-0.25, -0.2) is 18.5 Å². The number of benzene rings is 3. The molecule has 0 saturated heterocycles. The monoisotopic (exact) mass is 610 g/mol. The summed E-state index contributed by atoms with van der Waals surface area (Å²) in [6, 6.07) is 10.7. The summed E-state index contributed by atoms with van der Waals surface area (Å²) in [5.74, 6) is -5.73. The number of phenolic OH excluding ortho intramolecular Hbond substituents is 2. The Morgan fingerprint density at radius 2 is 1.70 bits per heavy atom. The van der Waals surface area contributed by atoms with Gasteiger partial charge in [0.15, 0.2) is 0 Å². The molecule has 4 rings (SSSR count). The summed E-state index contributed by atoms with van der Waals surface area (Å²) in [5.41, 5.74) is 6.96. The number of carbonyl (C=O) groups is 3. The third-order valence-electron chi connectivity index (χ3n) is 6.49. The van der Waals surface area contributed by atoms with Crippen molar-refractivity contribution >= 4 is 44.7 Å². The second-order valence-corrected chi connectivity index (χ2v) is 11.2. The molecule has 224 valence electrons. The van der Waals surface area contributed by atoms with Crippen molar-refractivity contribution in [2.45, 2.75) is 17.7 Å². The van der Waals surface area contributed by atoms with Gasteiger partial charge in [0.2, 0.25) is 15.9 Å². The van der Waals surface area contributed by atoms with E-state index in [-0.39, 0.29) is 45.2 Å². The second-order valence-electron chi connectivity index (χ2n) is 9.61. The number of aromatic hydroxyl groups is 2. The number of primary sulfonamides is 1. The average molecular weight is 611 g/mol. The maximum Gasteiger partial charge on any atom is 0.308 e. The Morgan fingerprint density at radius 3 is 2.33 bits per heavy atom. The number of carboxylic acid groups (broad SMARTS) is 2. The predicted octanol–water partition coefficient (Wildman–Crippen LogP) is 1.07. The molecule has 0 saturated carbocycles. The van der Waals surface area contributed by atoms with Crippen LogP contribution in [-0.2, 0) is 30.8 Å². The third-order valence-corrected chi connectivity index (χ3v) is 7.40. The van der Waals surface area contributed by atoms with Crippen LogP contribution in [0.25, 0.3) is 33.5 Å². The fourth-order valence-corrected chi connectivity index (χ4v) is 4.88. The Bertz CT molecular complexity index is 1900. The number of hydrogen-bond acceptors (Lipinski definition) is 9. The molecule has 0 aliphatic carbocycles. The molecule has 0 aliphatic rings. The summed E-state index contributed by atoms with van der Waals surface area (Å²) in [6.45, 7) is -0.461. The zero-order chi connectivity index (χ0) is 31.6. The van der Waals surface area contributed by atoms with Crippen LogP contribution in [0.4, 0.5) is 0 Å². The van der Waals surface area contributed by atoms with Crippen LogP contribution in [0.5, 0.6) is 11.5 Å². The summed E-state index contributed by atoms with van der Waals surface area (Å²) in [6.07, 6.45) is -1.09. The van der Waals surface area contributed by atoms with Gasteiger partial charge in [0.1, 0.15) is 23.2 Å². The first-order valence-corrected chi connectivity index (χ1v) is 14.0. The Morgan fingerprint density at radius 1 is 1.00 bits per heavy atom. The number of amidine groups is 1. The number of nitrogens with two attached hydrogens (primary N) is 2. The number of nitrogens with one attached hydrogen (secondary N) is 3. The third kappa shape index (κ3) is 6.88. The number of fused-ring (bicyclic) bond motifs is 1. The van der Waals surface area contributed by atoms with Crippen LogP contribution in [0.1, 0.15) is 17.5 Å². The van der Waals surface area contributed by atoms with E-state index in [9.17, 15) is 38.1 Å². The zero-order valence-corrected chi connectivity index (χ0v) is 23.0. The topological polar surface area (TPSA) is 283 Å². The lowest BCUT2D eigenvalue weighted by Crippen LogP contribution is -2.35. The zero-order valence-electron chi connectivity index (χ0n) is 22.2. The standard InChI is InChI=1S/C27H26N6O9S/c28-25(29)13-1-3-19-20(8-13)33-26(32-19)18-6-12(7-22(35)31-11-14(27(39)40)9-23(36)37)5-17(24(18)38)16-10-15(43(30,41)42)2-4-21(16)34/h1-6,8,10,14,34,38H,7,9,11H2,(H3,28,29)(H,31,35)(H,32,33)(H,36,37)(H,39,40)(H2,30,41,42)/t14-/m1/s1. The van der Waals surface area contributed by atoms with Gasteiger partial charge in [0.05, 0.1) is 40.3 Å². The second kappa shape index (κ2) is 11.8. The number of aliphatic carboxylic acids is 2. The molecule has 0 bridgehead atoms. The molecule has 0 spiro atoms. The van der Waals surface area contributed by atoms with E-state index in [4.69, 9.17) is 21.4 Å². The van der Waals surface area contributed by atoms with Crippen LogP contribution >= 0.6 is 0 Å². The van der Waals surface area contributed by atoms with Crippen molar-refractivity contribution < 1.29 is 43.2 Å². The highest BCUT2D eigenvalue weighted by atomic mass is 32.2. The first-order valence-electron chi connectivity index (χ1n) is 12.4. The van der Waals surface area contributed by atoms with E-state index >= 15 is 0 Å². The fraction of sp³-hybridized carbons (Fsp3) is 0.148. The van der Waals surface area contributed by atoms with Gasteiger partial charge in [-0.05, 0) is 54.1 Å². The lowest BCUT2D eigenvalue weighted by Gasteiger charge is -2.15. The molecule has 1 amide bonds. The van der Waals surface area contributed by atoms with Gasteiger partial charge in [-0.1, -0.05) is 0 Å². The van der Waals surface area contributed by atoms with Gasteiger partial charge in [0.25, 0.3) is 0 Å². The molecule has 1 heterocycles. The normalized spacial score (nSPS) is 12.1. The molecule has 15 nitrogen and oxygen atoms in total. The van der Waals surface area contributed by atoms with E-state index in [1.54, 1.807) is 18.2 Å². The number of nitrogen functional groups attached to an aromatic ring is 1. The molecule has 1 aromatic heterocycles. The van der Waals surface area contributed by atoms with Crippen molar-refractivity contribution in [3.8, 4) is 34.0 Å². The number of carboxylic acids is 2. The summed E-state index contributed by atoms with van der Waals surface area (Å²) in [5, 5.41) is 55.4. The van der Waals surface area contributed by atoms with E-state index in [0.717, 1.165) is 18.2 Å². The van der Waals surface area contributed by atoms with Crippen molar-refractivity contribution in [1.29, 1.82) is 5.41 Å². The van der Waals surface area contributed by atoms with Gasteiger partial charge in [-0.15, -0.1) is 0 Å². The molecular formula is C27H26N6O9S. The molecule has 0 aliphatic heterocycles. The van der Waals surface area contributed by atoms with Gasteiger partial charge < -0.3 is 36.5 Å². The molecule has 16 heteroatoms. The largest absolute Gasteiger partial charge is 0.507 e. The number of hydrogen-bond donors (Lipinski definition) is 9. The van der Waals surface area contributed by atoms with E-state index < -0.39 is 58.3 Å². The van der Waals surface area contributed by atoms with Gasteiger partial charge in [-0.2, -0.15) is 0 Å². The molecule has 11 N–H and O–H groups in total. The maximum absolute atomic E-state index is 12.8. The fourth-order valence-electron chi connectivity index (χ4n) is 4.34. The molecule has 43 heavy (non-hydrogen) atoms. The van der Waals surface area contributed by atoms with Gasteiger partial charge in [0, 0.05) is 23.2 Å². The van der Waals surface area contributed by atoms with Gasteiger partial charge in [-0.3, -0.25) is 19.8 Å². The Labute approximate surface area is 243 Å². The molecule has 0 radical (unpaired) electrons. The molecule has 4 aromatic rings. The van der Waals surface area contributed by atoms with Crippen molar-refractivity contribution in [3.63, 3.8) is 0 Å². The van der Waals surface area contributed by atoms with Crippen LogP contribution in [0, 0.1) is 11.3 Å². The summed E-state index contributed by atoms with van der Waals surface area (Å²) in [4.78, 5) is 42.2. The molecular weight excluding hydrogens is 584 g/mol. The smallest absolute Gasteiger partial charge is 0.308 e. The van der Waals surface area contributed by atoms with Crippen LogP contribution in [-0.4, -0.2) is 69.0 Å². The molecule has 3 aromatic carbocycles. The molecule has 0 fully saturated rings. The highest BCUT2D eigenvalue weighted by Crippen LogP contribution is 2.42. The van der Waals surface area contributed by atoms with Crippen LogP contribution in [0.15, 0.2) is 53.4 Å². The summed E-state index contributed by atoms with van der Waals surface area (Å²) < 4.78 is 24.0. The number of phenols is 2. The first kappa shape index (κ1) is 30.5. The van der Waals surface area contributed by atoms with E-state index in [1.807, 2.05) is 0 Å². The number of nitrogens with zero attached hydrogens (tertiary/aromatic N) is 1. The molecule has 0 unspecified atom stereocenters. The Hall–Kier alpha value is -5.48. The number of rotatable bonds is 11. The number of aromatic nitrogens is 2. The number of H-pyrrole nitrogens is 1. The Kier molecular flexibility index (Phi) is 8.36. The minimum atomic E-state index is -4.21. The minimum Gasteiger partial charge on any atom is -0.507 e. The van der Waals surface area contributed by atoms with Crippen LogP contribution in [0.3, 0.4) is 0 Å². The molecule has 1 atom stereocenters. The highest BCUT2D eigenvalue weighted by Gasteiger charge is 2.24. The first-order chi connectivity index (χ1) is 20.1. The van der Waals surface area contributed by atoms with Crippen molar-refractivity contribution in [2.24, 2.45) is 16.8 Å². The van der Waals surface area contributed by atoms with E-state index in [1.165, 1.54) is 12.1 Å². The Balaban J connectivity index is 1.81. The van der Waals surface area contributed by atoms with E-state index in [2.05, 4.69) is 15.3 Å². The van der Waals surface area contributed by atoms with Crippen molar-refractivity contribution in [1.82, 2.24) is 15.3 Å². The summed E-state index contributed by atoms with van der Waals surface area (Å²) >= 11 is 0. The van der Waals surface area contributed by atoms with E-state index in [0.29, 0.717) is 16.6 Å². The minimum absolute atomic E-state index is 0.0515. The highest BCUT2D eigenvalue weighted by molar-refractivity contribution is 7.89. The SMILES string of the molecule is N=C(N)c1ccc2nc(-c3cc(CC(=O)NC[C@@H](CC(=O)O)C(=O)O)cc(-c4cc(S(N)(=O)=O)ccc4O)c3O)[nH]c2c1. The average Bonchev–Trinajstić information content (AvgIpc) is 3.34. The maximum atomic E-state index is 12.8. The number of amides is 1. The van der Waals surface area contributed by atoms with Crippen LogP contribution in [0.2, 0.25) is 0 Å². The lowest BCUT2D eigenvalue weighted by molar-refractivity contribution is -0.148. The summed E-state index contributed by atoms with van der Waals surface area (Å²) in [7, 11) is -4.21. The van der Waals surface area contributed by atoms with Crippen LogP contribution < -0.4 is 16.2 Å². The number of aromatic amines is 1. The number of imidazole rings is 1. The quantitative estimate of drug-likeness (QED) is 0.0855. The predicted molar refractivity (Wildman–Crippen MR) is 153 cm³/mol.